The Bertz CT molecular complexity index is 839. The van der Waals surface area contributed by atoms with E-state index >= 15 is 0 Å². The monoisotopic (exact) mass is 340 g/mol. The first kappa shape index (κ1) is 16.9. The van der Waals surface area contributed by atoms with Crippen molar-refractivity contribution in [1.29, 1.82) is 0 Å². The number of carbonyl (C=O) groups is 1. The minimum absolute atomic E-state index is 0.0185. The zero-order chi connectivity index (χ0) is 18.0. The molecule has 1 aliphatic heterocycles. The molecule has 130 valence electrons. The van der Waals surface area contributed by atoms with Crippen LogP contribution in [0.25, 0.3) is 11.6 Å². The molecule has 2 aromatic rings. The Kier molecular flexibility index (Phi) is 4.39. The van der Waals surface area contributed by atoms with Crippen LogP contribution in [-0.2, 0) is 11.2 Å². The normalized spacial score (nSPS) is 18.9. The van der Waals surface area contributed by atoms with Gasteiger partial charge in [-0.05, 0) is 42.7 Å². The van der Waals surface area contributed by atoms with E-state index in [0.717, 1.165) is 48.2 Å². The van der Waals surface area contributed by atoms with E-state index in [2.05, 4.69) is 22.2 Å². The van der Waals surface area contributed by atoms with Gasteiger partial charge >= 0.3 is 0 Å². The lowest BCUT2D eigenvalue weighted by atomic mass is 9.84. The van der Waals surface area contributed by atoms with E-state index < -0.39 is 10.5 Å². The van der Waals surface area contributed by atoms with Crippen molar-refractivity contribution in [3.05, 3.63) is 51.5 Å². The molecule has 0 fully saturated rings. The number of benzene rings is 1. The van der Waals surface area contributed by atoms with Gasteiger partial charge in [-0.2, -0.15) is 0 Å². The Hall–Kier alpha value is -2.96. The van der Waals surface area contributed by atoms with Gasteiger partial charge in [0.05, 0.1) is 10.6 Å². The molecule has 7 heteroatoms. The number of anilines is 1. The van der Waals surface area contributed by atoms with Crippen molar-refractivity contribution in [2.75, 3.05) is 5.32 Å². The molecule has 3 rings (SSSR count). The van der Waals surface area contributed by atoms with E-state index in [0.29, 0.717) is 5.82 Å². The highest BCUT2D eigenvalue weighted by atomic mass is 16.6. The Morgan fingerprint density at radius 2 is 2.04 bits per heavy atom. The summed E-state index contributed by atoms with van der Waals surface area (Å²) in [5.41, 5.74) is 1.39. The van der Waals surface area contributed by atoms with Crippen molar-refractivity contribution in [2.24, 2.45) is 0 Å². The largest absolute Gasteiger partial charge is 0.353 e. The maximum atomic E-state index is 11.8. The first-order valence-electron chi connectivity index (χ1n) is 8.27. The van der Waals surface area contributed by atoms with Crippen LogP contribution in [0, 0.1) is 10.1 Å². The second-order valence-corrected chi connectivity index (χ2v) is 6.36. The fraction of sp³-hybridized carbons (Fsp3) is 0.333. The summed E-state index contributed by atoms with van der Waals surface area (Å²) in [5.74, 6) is 1.54. The third-order valence-electron chi connectivity index (χ3n) is 4.40. The molecule has 0 saturated heterocycles. The SMILES string of the molecule is CCCCc1nc2c([nH]1)C=C(c1ccc([N+](=O)[O-])cc1)C(C)(C=O)N2. The van der Waals surface area contributed by atoms with Crippen LogP contribution in [0.15, 0.2) is 24.3 Å². The number of nitrogens with zero attached hydrogens (tertiary/aromatic N) is 2. The number of hydrogen-bond donors (Lipinski definition) is 2. The van der Waals surface area contributed by atoms with Crippen molar-refractivity contribution in [3.8, 4) is 0 Å². The lowest BCUT2D eigenvalue weighted by Crippen LogP contribution is -2.40. The van der Waals surface area contributed by atoms with Gasteiger partial charge in [0.2, 0.25) is 0 Å². The number of aromatic amines is 1. The predicted octanol–water partition coefficient (Wildman–Crippen LogP) is 3.58. The number of nitro groups is 1. The first-order valence-corrected chi connectivity index (χ1v) is 8.27. The number of H-pyrrole nitrogens is 1. The number of aromatic nitrogens is 2. The van der Waals surface area contributed by atoms with Crippen LogP contribution in [0.5, 0.6) is 0 Å². The summed E-state index contributed by atoms with van der Waals surface area (Å²) in [6, 6.07) is 6.20. The highest BCUT2D eigenvalue weighted by Gasteiger charge is 2.35. The number of non-ortho nitro benzene ring substituents is 1. The third-order valence-corrected chi connectivity index (χ3v) is 4.40. The molecule has 0 spiro atoms. The van der Waals surface area contributed by atoms with Crippen LogP contribution in [0.4, 0.5) is 11.5 Å². The Balaban J connectivity index is 2.01. The topological polar surface area (TPSA) is 101 Å². The van der Waals surface area contributed by atoms with Gasteiger partial charge in [-0.3, -0.25) is 10.1 Å². The second kappa shape index (κ2) is 6.51. The number of hydrogen-bond acceptors (Lipinski definition) is 5. The summed E-state index contributed by atoms with van der Waals surface area (Å²) in [7, 11) is 0. The molecule has 1 unspecified atom stereocenters. The zero-order valence-corrected chi connectivity index (χ0v) is 14.2. The summed E-state index contributed by atoms with van der Waals surface area (Å²) < 4.78 is 0. The van der Waals surface area contributed by atoms with E-state index in [1.54, 1.807) is 19.1 Å². The Morgan fingerprint density at radius 1 is 1.32 bits per heavy atom. The van der Waals surface area contributed by atoms with Crippen LogP contribution in [-0.4, -0.2) is 26.7 Å². The summed E-state index contributed by atoms with van der Waals surface area (Å²) >= 11 is 0. The molecule has 0 bridgehead atoms. The van der Waals surface area contributed by atoms with E-state index in [9.17, 15) is 14.9 Å². The maximum absolute atomic E-state index is 11.8. The van der Waals surface area contributed by atoms with Crippen LogP contribution in [0.3, 0.4) is 0 Å². The summed E-state index contributed by atoms with van der Waals surface area (Å²) in [6.45, 7) is 3.90. The molecular formula is C18H20N4O3. The summed E-state index contributed by atoms with van der Waals surface area (Å²) in [4.78, 5) is 30.0. The minimum atomic E-state index is -0.944. The number of carbonyl (C=O) groups excluding carboxylic acids is 1. The third kappa shape index (κ3) is 3.17. The molecule has 25 heavy (non-hydrogen) atoms. The fourth-order valence-electron chi connectivity index (χ4n) is 2.95. The number of aryl methyl sites for hydroxylation is 1. The van der Waals surface area contributed by atoms with Gasteiger partial charge in [-0.1, -0.05) is 13.3 Å². The average molecular weight is 340 g/mol. The van der Waals surface area contributed by atoms with E-state index in [1.807, 2.05) is 6.08 Å². The van der Waals surface area contributed by atoms with Crippen LogP contribution in [0.2, 0.25) is 0 Å². The molecule has 1 aromatic heterocycles. The van der Waals surface area contributed by atoms with Crippen molar-refractivity contribution in [2.45, 2.75) is 38.6 Å². The van der Waals surface area contributed by atoms with Crippen LogP contribution < -0.4 is 5.32 Å². The lowest BCUT2D eigenvalue weighted by Gasteiger charge is -2.31. The van der Waals surface area contributed by atoms with E-state index in [-0.39, 0.29) is 5.69 Å². The fourth-order valence-corrected chi connectivity index (χ4v) is 2.95. The number of aldehydes is 1. The maximum Gasteiger partial charge on any atom is 0.269 e. The molecular weight excluding hydrogens is 320 g/mol. The van der Waals surface area contributed by atoms with Crippen molar-refractivity contribution in [1.82, 2.24) is 9.97 Å². The highest BCUT2D eigenvalue weighted by molar-refractivity contribution is 6.02. The first-order chi connectivity index (χ1) is 12.0. The zero-order valence-electron chi connectivity index (χ0n) is 14.2. The van der Waals surface area contributed by atoms with Gasteiger partial charge in [0, 0.05) is 18.6 Å². The molecule has 0 amide bonds. The number of rotatable bonds is 6. The van der Waals surface area contributed by atoms with Gasteiger partial charge in [-0.25, -0.2) is 4.98 Å². The molecule has 1 atom stereocenters. The Morgan fingerprint density at radius 3 is 2.64 bits per heavy atom. The smallest absolute Gasteiger partial charge is 0.269 e. The molecule has 0 aliphatic carbocycles. The molecule has 7 nitrogen and oxygen atoms in total. The van der Waals surface area contributed by atoms with Gasteiger partial charge in [0.15, 0.2) is 5.82 Å². The molecule has 1 aliphatic rings. The van der Waals surface area contributed by atoms with Crippen molar-refractivity contribution < 1.29 is 9.72 Å². The Labute approximate surface area is 145 Å². The number of unbranched alkanes of at least 4 members (excludes halogenated alkanes) is 1. The molecule has 2 heterocycles. The van der Waals surface area contributed by atoms with Crippen LogP contribution >= 0.6 is 0 Å². The molecule has 2 N–H and O–H groups in total. The van der Waals surface area contributed by atoms with Gasteiger partial charge < -0.3 is 15.1 Å². The highest BCUT2D eigenvalue weighted by Crippen LogP contribution is 2.37. The lowest BCUT2D eigenvalue weighted by molar-refractivity contribution is -0.384. The molecule has 0 radical (unpaired) electrons. The number of fused-ring (bicyclic) bond motifs is 1. The molecule has 1 aromatic carbocycles. The molecule has 0 saturated carbocycles. The van der Waals surface area contributed by atoms with Gasteiger partial charge in [0.25, 0.3) is 5.69 Å². The number of nitro benzene ring substituents is 1. The average Bonchev–Trinajstić information content (AvgIpc) is 3.00. The number of imidazole rings is 1. The van der Waals surface area contributed by atoms with Crippen molar-refractivity contribution >= 4 is 29.4 Å². The van der Waals surface area contributed by atoms with E-state index in [1.165, 1.54) is 12.1 Å². The van der Waals surface area contributed by atoms with Crippen LogP contribution in [0.1, 0.15) is 43.8 Å². The second-order valence-electron chi connectivity index (χ2n) is 6.36. The van der Waals surface area contributed by atoms with Gasteiger partial charge in [-0.15, -0.1) is 0 Å². The van der Waals surface area contributed by atoms with Gasteiger partial charge in [0.1, 0.15) is 17.6 Å². The summed E-state index contributed by atoms with van der Waals surface area (Å²) in [5, 5.41) is 14.0. The summed E-state index contributed by atoms with van der Waals surface area (Å²) in [6.07, 6.45) is 5.70. The van der Waals surface area contributed by atoms with Crippen molar-refractivity contribution in [3.63, 3.8) is 0 Å². The van der Waals surface area contributed by atoms with E-state index in [4.69, 9.17) is 0 Å². The minimum Gasteiger partial charge on any atom is -0.353 e. The predicted molar refractivity (Wildman–Crippen MR) is 96.3 cm³/mol. The standard InChI is InChI=1S/C18H20N4O3/c1-3-4-5-16-19-15-10-14(18(2,11-23)21-17(15)20-16)12-6-8-13(9-7-12)22(24)25/h6-11,21H,3-5H2,1-2H3,(H,19,20). The number of nitrogens with one attached hydrogen (secondary N) is 2. The quantitative estimate of drug-likeness (QED) is 0.475.